The number of hydrogen-bond donors (Lipinski definition) is 1. The Bertz CT molecular complexity index is 663. The van der Waals surface area contributed by atoms with Crippen molar-refractivity contribution in [1.82, 2.24) is 20.0 Å². The van der Waals surface area contributed by atoms with Crippen LogP contribution in [0.3, 0.4) is 0 Å². The Hall–Kier alpha value is -2.21. The second-order valence-corrected chi connectivity index (χ2v) is 6.81. The van der Waals surface area contributed by atoms with Crippen LogP contribution in [0, 0.1) is 11.7 Å². The molecule has 2 aromatic rings. The Morgan fingerprint density at radius 1 is 1.32 bits per heavy atom. The summed E-state index contributed by atoms with van der Waals surface area (Å²) in [4.78, 5) is 14.7. The highest BCUT2D eigenvalue weighted by molar-refractivity contribution is 5.78. The predicted octanol–water partition coefficient (Wildman–Crippen LogP) is 2.44. The van der Waals surface area contributed by atoms with Crippen LogP contribution in [0.2, 0.25) is 0 Å². The first-order valence-electron chi connectivity index (χ1n) is 8.85. The summed E-state index contributed by atoms with van der Waals surface area (Å²) in [7, 11) is 0. The number of hydrogen-bond acceptors (Lipinski definition) is 3. The summed E-state index contributed by atoms with van der Waals surface area (Å²) < 4.78 is 14.8. The molecular formula is C19H25FN4O. The highest BCUT2D eigenvalue weighted by Gasteiger charge is 2.23. The van der Waals surface area contributed by atoms with Gasteiger partial charge in [-0.3, -0.25) is 14.4 Å². The van der Waals surface area contributed by atoms with Crippen molar-refractivity contribution < 1.29 is 9.18 Å². The lowest BCUT2D eigenvalue weighted by Gasteiger charge is -2.32. The second-order valence-electron chi connectivity index (χ2n) is 6.81. The molecule has 1 fully saturated rings. The quantitative estimate of drug-likeness (QED) is 0.876. The van der Waals surface area contributed by atoms with Crippen molar-refractivity contribution in [2.75, 3.05) is 13.1 Å². The van der Waals surface area contributed by atoms with Gasteiger partial charge < -0.3 is 5.32 Å². The average Bonchev–Trinajstić information content (AvgIpc) is 3.11. The minimum absolute atomic E-state index is 0.0903. The molecule has 0 aliphatic carbocycles. The van der Waals surface area contributed by atoms with E-state index in [1.165, 1.54) is 12.1 Å². The predicted molar refractivity (Wildman–Crippen MR) is 94.2 cm³/mol. The van der Waals surface area contributed by atoms with Gasteiger partial charge in [0.1, 0.15) is 5.82 Å². The number of halogens is 1. The van der Waals surface area contributed by atoms with E-state index in [2.05, 4.69) is 15.3 Å². The summed E-state index contributed by atoms with van der Waals surface area (Å²) in [6.07, 6.45) is 5.49. The number of nitrogens with zero attached hydrogens (tertiary/aromatic N) is 3. The van der Waals surface area contributed by atoms with Gasteiger partial charge in [0.05, 0.1) is 12.5 Å². The number of rotatable bonds is 6. The first-order chi connectivity index (χ1) is 12.1. The molecule has 1 aliphatic rings. The highest BCUT2D eigenvalue weighted by Crippen LogP contribution is 2.15. The molecule has 1 unspecified atom stereocenters. The zero-order valence-corrected chi connectivity index (χ0v) is 14.6. The zero-order chi connectivity index (χ0) is 17.6. The van der Waals surface area contributed by atoms with E-state index in [0.717, 1.165) is 38.0 Å². The number of carbonyl (C=O) groups excluding carboxylic acids is 1. The van der Waals surface area contributed by atoms with E-state index in [4.69, 9.17) is 0 Å². The van der Waals surface area contributed by atoms with E-state index in [1.807, 2.05) is 31.3 Å². The molecule has 1 atom stereocenters. The van der Waals surface area contributed by atoms with Crippen molar-refractivity contribution in [3.8, 4) is 0 Å². The molecule has 1 aromatic heterocycles. The Balaban J connectivity index is 1.41. The van der Waals surface area contributed by atoms with Gasteiger partial charge >= 0.3 is 0 Å². The molecule has 1 amide bonds. The molecule has 1 aromatic carbocycles. The summed E-state index contributed by atoms with van der Waals surface area (Å²) in [6.45, 7) is 5.24. The number of nitrogens with one attached hydrogen (secondary N) is 1. The van der Waals surface area contributed by atoms with Crippen molar-refractivity contribution in [3.63, 3.8) is 0 Å². The maximum atomic E-state index is 13.0. The fraction of sp³-hybridized carbons (Fsp3) is 0.474. The molecule has 3 rings (SSSR count). The SMILES string of the molecule is CC(Cn1cccn1)C(=O)NC1CCN(Cc2ccc(F)cc2)CC1. The first kappa shape index (κ1) is 17.6. The standard InChI is InChI=1S/C19H25FN4O/c1-15(13-24-10-2-9-21-24)19(25)22-18-7-11-23(12-8-18)14-16-3-5-17(20)6-4-16/h2-6,9-10,15,18H,7-8,11-14H2,1H3,(H,22,25). The molecule has 0 spiro atoms. The number of amides is 1. The van der Waals surface area contributed by atoms with Crippen LogP contribution in [0.15, 0.2) is 42.7 Å². The summed E-state index contributed by atoms with van der Waals surface area (Å²) in [5, 5.41) is 7.31. The maximum absolute atomic E-state index is 13.0. The van der Waals surface area contributed by atoms with E-state index in [0.29, 0.717) is 6.54 Å². The molecule has 0 radical (unpaired) electrons. The Labute approximate surface area is 147 Å². The summed E-state index contributed by atoms with van der Waals surface area (Å²) in [6, 6.07) is 8.77. The van der Waals surface area contributed by atoms with E-state index in [9.17, 15) is 9.18 Å². The molecule has 134 valence electrons. The molecule has 1 N–H and O–H groups in total. The van der Waals surface area contributed by atoms with Gasteiger partial charge in [0.15, 0.2) is 0 Å². The largest absolute Gasteiger partial charge is 0.353 e. The van der Waals surface area contributed by atoms with Gasteiger partial charge in [-0.2, -0.15) is 5.10 Å². The van der Waals surface area contributed by atoms with Gasteiger partial charge in [-0.15, -0.1) is 0 Å². The van der Waals surface area contributed by atoms with Crippen molar-refractivity contribution in [3.05, 3.63) is 54.1 Å². The smallest absolute Gasteiger partial charge is 0.224 e. The van der Waals surface area contributed by atoms with Gasteiger partial charge in [0.25, 0.3) is 0 Å². The van der Waals surface area contributed by atoms with E-state index >= 15 is 0 Å². The fourth-order valence-corrected chi connectivity index (χ4v) is 3.20. The third-order valence-corrected chi connectivity index (χ3v) is 4.72. The van der Waals surface area contributed by atoms with Crippen LogP contribution in [-0.2, 0) is 17.9 Å². The summed E-state index contributed by atoms with van der Waals surface area (Å²) in [5.41, 5.74) is 1.12. The first-order valence-corrected chi connectivity index (χ1v) is 8.85. The maximum Gasteiger partial charge on any atom is 0.224 e. The lowest BCUT2D eigenvalue weighted by Crippen LogP contribution is -2.46. The topological polar surface area (TPSA) is 50.2 Å². The van der Waals surface area contributed by atoms with Crippen LogP contribution in [0.5, 0.6) is 0 Å². The van der Waals surface area contributed by atoms with Crippen LogP contribution in [0.25, 0.3) is 0 Å². The molecule has 1 aliphatic heterocycles. The second kappa shape index (κ2) is 8.25. The van der Waals surface area contributed by atoms with Gasteiger partial charge in [-0.05, 0) is 36.6 Å². The number of carbonyl (C=O) groups is 1. The molecular weight excluding hydrogens is 319 g/mol. The van der Waals surface area contributed by atoms with Crippen molar-refractivity contribution in [2.45, 2.75) is 38.9 Å². The molecule has 2 heterocycles. The van der Waals surface area contributed by atoms with Crippen LogP contribution in [0.4, 0.5) is 4.39 Å². The fourth-order valence-electron chi connectivity index (χ4n) is 3.20. The zero-order valence-electron chi connectivity index (χ0n) is 14.6. The molecule has 5 nitrogen and oxygen atoms in total. The highest BCUT2D eigenvalue weighted by atomic mass is 19.1. The summed E-state index contributed by atoms with van der Waals surface area (Å²) >= 11 is 0. The van der Waals surface area contributed by atoms with Crippen molar-refractivity contribution >= 4 is 5.91 Å². The van der Waals surface area contributed by atoms with Crippen LogP contribution < -0.4 is 5.32 Å². The monoisotopic (exact) mass is 344 g/mol. The number of likely N-dealkylation sites (tertiary alicyclic amines) is 1. The molecule has 0 saturated carbocycles. The van der Waals surface area contributed by atoms with Gasteiger partial charge in [0, 0.05) is 38.1 Å². The van der Waals surface area contributed by atoms with E-state index in [-0.39, 0.29) is 23.7 Å². The lowest BCUT2D eigenvalue weighted by atomic mass is 10.0. The van der Waals surface area contributed by atoms with E-state index < -0.39 is 0 Å². The normalized spacial score (nSPS) is 17.4. The third kappa shape index (κ3) is 5.13. The number of aromatic nitrogens is 2. The van der Waals surface area contributed by atoms with Crippen molar-refractivity contribution in [2.24, 2.45) is 5.92 Å². The Kier molecular flexibility index (Phi) is 5.81. The van der Waals surface area contributed by atoms with E-state index in [1.54, 1.807) is 10.9 Å². The lowest BCUT2D eigenvalue weighted by molar-refractivity contribution is -0.126. The van der Waals surface area contributed by atoms with Gasteiger partial charge in [-0.25, -0.2) is 4.39 Å². The van der Waals surface area contributed by atoms with Crippen LogP contribution in [-0.4, -0.2) is 39.7 Å². The Morgan fingerprint density at radius 3 is 2.68 bits per heavy atom. The third-order valence-electron chi connectivity index (χ3n) is 4.72. The average molecular weight is 344 g/mol. The molecule has 25 heavy (non-hydrogen) atoms. The van der Waals surface area contributed by atoms with Gasteiger partial charge in [-0.1, -0.05) is 19.1 Å². The van der Waals surface area contributed by atoms with Crippen LogP contribution >= 0.6 is 0 Å². The number of benzene rings is 1. The van der Waals surface area contributed by atoms with Crippen LogP contribution in [0.1, 0.15) is 25.3 Å². The molecule has 6 heteroatoms. The Morgan fingerprint density at radius 2 is 2.04 bits per heavy atom. The van der Waals surface area contributed by atoms with Gasteiger partial charge in [0.2, 0.25) is 5.91 Å². The molecule has 0 bridgehead atoms. The minimum Gasteiger partial charge on any atom is -0.353 e. The van der Waals surface area contributed by atoms with Crippen molar-refractivity contribution in [1.29, 1.82) is 0 Å². The summed E-state index contributed by atoms with van der Waals surface area (Å²) in [5.74, 6) is -0.209. The number of piperidine rings is 1. The molecule has 1 saturated heterocycles. The minimum atomic E-state index is -0.200.